The summed E-state index contributed by atoms with van der Waals surface area (Å²) in [6.07, 6.45) is 1.44. The molecule has 0 atom stereocenters. The van der Waals surface area contributed by atoms with Crippen molar-refractivity contribution in [3.8, 4) is 11.5 Å². The molecule has 0 aliphatic carbocycles. The molecule has 0 bridgehead atoms. The molecule has 0 radical (unpaired) electrons. The summed E-state index contributed by atoms with van der Waals surface area (Å²) in [6.45, 7) is 3.00. The van der Waals surface area contributed by atoms with E-state index in [1.807, 2.05) is 6.92 Å². The zero-order chi connectivity index (χ0) is 18.8. The SMILES string of the molecule is COc1ccc(C(=O)N2CCC(n3c(C)nn(C)c3=O)CC2)c(OC)c1. The number of methoxy groups -OCH3 is 2. The van der Waals surface area contributed by atoms with E-state index in [0.29, 0.717) is 36.0 Å². The summed E-state index contributed by atoms with van der Waals surface area (Å²) >= 11 is 0. The second-order valence-electron chi connectivity index (χ2n) is 6.41. The number of aryl methyl sites for hydroxylation is 2. The van der Waals surface area contributed by atoms with Gasteiger partial charge in [-0.15, -0.1) is 0 Å². The number of hydrogen-bond donors (Lipinski definition) is 0. The summed E-state index contributed by atoms with van der Waals surface area (Å²) in [5.74, 6) is 1.77. The summed E-state index contributed by atoms with van der Waals surface area (Å²) < 4.78 is 13.6. The third-order valence-electron chi connectivity index (χ3n) is 4.88. The lowest BCUT2D eigenvalue weighted by Gasteiger charge is -2.32. The highest BCUT2D eigenvalue weighted by atomic mass is 16.5. The zero-order valence-corrected chi connectivity index (χ0v) is 15.6. The predicted octanol–water partition coefficient (Wildman–Crippen LogP) is 1.38. The standard InChI is InChI=1S/C18H24N4O4/c1-12-19-20(2)18(24)22(12)13-7-9-21(10-8-13)17(23)15-6-5-14(25-3)11-16(15)26-4/h5-6,11,13H,7-10H2,1-4H3. The van der Waals surface area contributed by atoms with Crippen molar-refractivity contribution in [3.05, 3.63) is 40.1 Å². The number of benzene rings is 1. The fourth-order valence-electron chi connectivity index (χ4n) is 3.50. The first-order valence-electron chi connectivity index (χ1n) is 8.59. The van der Waals surface area contributed by atoms with Crippen molar-refractivity contribution in [1.82, 2.24) is 19.2 Å². The molecule has 0 N–H and O–H groups in total. The Balaban J connectivity index is 1.74. The van der Waals surface area contributed by atoms with Crippen LogP contribution in [-0.2, 0) is 7.05 Å². The van der Waals surface area contributed by atoms with Gasteiger partial charge in [-0.2, -0.15) is 5.10 Å². The van der Waals surface area contributed by atoms with Crippen molar-refractivity contribution < 1.29 is 14.3 Å². The molecule has 8 heteroatoms. The lowest BCUT2D eigenvalue weighted by molar-refractivity contribution is 0.0689. The van der Waals surface area contributed by atoms with Crippen LogP contribution in [0.3, 0.4) is 0 Å². The number of aromatic nitrogens is 3. The van der Waals surface area contributed by atoms with Gasteiger partial charge in [0, 0.05) is 32.2 Å². The normalized spacial score (nSPS) is 15.2. The van der Waals surface area contributed by atoms with Crippen molar-refractivity contribution in [3.63, 3.8) is 0 Å². The topological polar surface area (TPSA) is 78.6 Å². The molecular formula is C18H24N4O4. The molecule has 8 nitrogen and oxygen atoms in total. The van der Waals surface area contributed by atoms with E-state index in [-0.39, 0.29) is 17.6 Å². The van der Waals surface area contributed by atoms with E-state index < -0.39 is 0 Å². The number of carbonyl (C=O) groups is 1. The van der Waals surface area contributed by atoms with E-state index >= 15 is 0 Å². The third-order valence-corrected chi connectivity index (χ3v) is 4.88. The number of piperidine rings is 1. The maximum Gasteiger partial charge on any atom is 0.345 e. The van der Waals surface area contributed by atoms with Gasteiger partial charge in [0.2, 0.25) is 0 Å². The Hall–Kier alpha value is -2.77. The van der Waals surface area contributed by atoms with Crippen LogP contribution in [0.5, 0.6) is 11.5 Å². The molecule has 1 aliphatic rings. The van der Waals surface area contributed by atoms with E-state index in [1.165, 1.54) is 11.8 Å². The molecule has 1 fully saturated rings. The van der Waals surface area contributed by atoms with Gasteiger partial charge in [0.25, 0.3) is 5.91 Å². The molecular weight excluding hydrogens is 336 g/mol. The second-order valence-corrected chi connectivity index (χ2v) is 6.41. The van der Waals surface area contributed by atoms with Crippen LogP contribution in [0, 0.1) is 6.92 Å². The van der Waals surface area contributed by atoms with E-state index in [4.69, 9.17) is 9.47 Å². The minimum Gasteiger partial charge on any atom is -0.497 e. The number of hydrogen-bond acceptors (Lipinski definition) is 5. The Morgan fingerprint density at radius 1 is 1.19 bits per heavy atom. The zero-order valence-electron chi connectivity index (χ0n) is 15.6. The highest BCUT2D eigenvalue weighted by Crippen LogP contribution is 2.28. The van der Waals surface area contributed by atoms with E-state index in [9.17, 15) is 9.59 Å². The smallest absolute Gasteiger partial charge is 0.345 e. The van der Waals surface area contributed by atoms with Gasteiger partial charge in [-0.1, -0.05) is 0 Å². The first-order chi connectivity index (χ1) is 12.5. The monoisotopic (exact) mass is 360 g/mol. The van der Waals surface area contributed by atoms with E-state index in [2.05, 4.69) is 5.10 Å². The molecule has 3 rings (SSSR count). The van der Waals surface area contributed by atoms with Crippen LogP contribution >= 0.6 is 0 Å². The molecule has 1 aromatic carbocycles. The molecule has 1 amide bonds. The largest absolute Gasteiger partial charge is 0.497 e. The molecule has 2 heterocycles. The Bertz CT molecular complexity index is 863. The molecule has 0 unspecified atom stereocenters. The molecule has 1 aromatic heterocycles. The Kier molecular flexibility index (Phi) is 5.01. The van der Waals surface area contributed by atoms with Crippen LogP contribution in [0.15, 0.2) is 23.0 Å². The fourth-order valence-corrected chi connectivity index (χ4v) is 3.50. The van der Waals surface area contributed by atoms with Gasteiger partial charge in [-0.25, -0.2) is 9.48 Å². The minimum absolute atomic E-state index is 0.0676. The number of amides is 1. The maximum absolute atomic E-state index is 12.9. The summed E-state index contributed by atoms with van der Waals surface area (Å²) in [4.78, 5) is 26.9. The van der Waals surface area contributed by atoms with E-state index in [0.717, 1.165) is 12.8 Å². The molecule has 0 spiro atoms. The van der Waals surface area contributed by atoms with Crippen LogP contribution < -0.4 is 15.2 Å². The summed E-state index contributed by atoms with van der Waals surface area (Å²) in [5, 5.41) is 4.18. The summed E-state index contributed by atoms with van der Waals surface area (Å²) in [6, 6.07) is 5.25. The van der Waals surface area contributed by atoms with Crippen molar-refractivity contribution in [2.24, 2.45) is 7.05 Å². The molecule has 1 aliphatic heterocycles. The van der Waals surface area contributed by atoms with Crippen molar-refractivity contribution >= 4 is 5.91 Å². The second kappa shape index (κ2) is 7.23. The predicted molar refractivity (Wildman–Crippen MR) is 95.9 cm³/mol. The van der Waals surface area contributed by atoms with E-state index in [1.54, 1.807) is 41.8 Å². The van der Waals surface area contributed by atoms with Crippen molar-refractivity contribution in [1.29, 1.82) is 0 Å². The lowest BCUT2D eigenvalue weighted by Crippen LogP contribution is -2.41. The minimum atomic E-state index is -0.107. The van der Waals surface area contributed by atoms with Gasteiger partial charge in [0.1, 0.15) is 17.3 Å². The summed E-state index contributed by atoms with van der Waals surface area (Å²) in [7, 11) is 4.76. The highest BCUT2D eigenvalue weighted by molar-refractivity contribution is 5.97. The number of carbonyl (C=O) groups excluding carboxylic acids is 1. The average molecular weight is 360 g/mol. The summed E-state index contributed by atoms with van der Waals surface area (Å²) in [5.41, 5.74) is 0.408. The van der Waals surface area contributed by atoms with Gasteiger partial charge >= 0.3 is 5.69 Å². The Morgan fingerprint density at radius 3 is 2.42 bits per heavy atom. The number of ether oxygens (including phenoxy) is 2. The number of likely N-dealkylation sites (tertiary alicyclic amines) is 1. The van der Waals surface area contributed by atoms with Gasteiger partial charge < -0.3 is 14.4 Å². The third kappa shape index (κ3) is 3.18. The van der Waals surface area contributed by atoms with Gasteiger partial charge in [-0.3, -0.25) is 9.36 Å². The van der Waals surface area contributed by atoms with Crippen molar-refractivity contribution in [2.45, 2.75) is 25.8 Å². The fraction of sp³-hybridized carbons (Fsp3) is 0.500. The Morgan fingerprint density at radius 2 is 1.88 bits per heavy atom. The molecule has 0 saturated carbocycles. The van der Waals surface area contributed by atoms with Crippen LogP contribution in [-0.4, -0.2) is 52.5 Å². The van der Waals surface area contributed by atoms with Crippen LogP contribution in [0.1, 0.15) is 35.1 Å². The molecule has 140 valence electrons. The van der Waals surface area contributed by atoms with Crippen LogP contribution in [0.25, 0.3) is 0 Å². The average Bonchev–Trinajstić information content (AvgIpc) is 2.92. The highest BCUT2D eigenvalue weighted by Gasteiger charge is 2.28. The van der Waals surface area contributed by atoms with Gasteiger partial charge in [0.05, 0.1) is 19.8 Å². The first-order valence-corrected chi connectivity index (χ1v) is 8.59. The molecule has 26 heavy (non-hydrogen) atoms. The van der Waals surface area contributed by atoms with Crippen LogP contribution in [0.4, 0.5) is 0 Å². The van der Waals surface area contributed by atoms with Gasteiger partial charge in [-0.05, 0) is 31.9 Å². The molecule has 1 saturated heterocycles. The number of nitrogens with zero attached hydrogens (tertiary/aromatic N) is 4. The van der Waals surface area contributed by atoms with Crippen LogP contribution in [0.2, 0.25) is 0 Å². The maximum atomic E-state index is 12.9. The van der Waals surface area contributed by atoms with Gasteiger partial charge in [0.15, 0.2) is 0 Å². The van der Waals surface area contributed by atoms with Crippen molar-refractivity contribution in [2.75, 3.05) is 27.3 Å². The Labute approximate surface area is 151 Å². The lowest BCUT2D eigenvalue weighted by atomic mass is 10.0. The molecule has 2 aromatic rings. The number of rotatable bonds is 4. The quantitative estimate of drug-likeness (QED) is 0.823. The first kappa shape index (κ1) is 18.0.